The molecule has 0 spiro atoms. The van der Waals surface area contributed by atoms with Crippen LogP contribution in [0.1, 0.15) is 51.6 Å². The van der Waals surface area contributed by atoms with E-state index < -0.39 is 19.0 Å². The Morgan fingerprint density at radius 1 is 1.02 bits per heavy atom. The Morgan fingerprint density at radius 3 is 2.43 bits per heavy atom. The Balaban J connectivity index is 1.23. The zero-order valence-corrected chi connectivity index (χ0v) is 25.4. The summed E-state index contributed by atoms with van der Waals surface area (Å²) in [6.45, 7) is 6.12. The molecule has 2 amide bonds. The molecule has 3 heterocycles. The summed E-state index contributed by atoms with van der Waals surface area (Å²) in [6, 6.07) is 20.8. The monoisotopic (exact) mass is 594 g/mol. The number of fused-ring (bicyclic) bond motifs is 3. The number of anilines is 3. The number of furan rings is 1. The molecule has 2 aliphatic heterocycles. The number of nitrogens with zero attached hydrogens (tertiary/aromatic N) is 1. The van der Waals surface area contributed by atoms with Gasteiger partial charge in [0.1, 0.15) is 18.1 Å². The molecule has 1 aromatic heterocycles. The average Bonchev–Trinajstić information content (AvgIpc) is 3.57. The van der Waals surface area contributed by atoms with Crippen molar-refractivity contribution in [1.82, 2.24) is 0 Å². The van der Waals surface area contributed by atoms with Crippen LogP contribution in [0.15, 0.2) is 87.9 Å². The van der Waals surface area contributed by atoms with Crippen molar-refractivity contribution in [2.24, 2.45) is 23.7 Å². The molecule has 3 aliphatic rings. The normalized spacial score (nSPS) is 23.8. The molecule has 2 aromatic carbocycles. The SMILES string of the molecule is C/C(=C\c1ccc(CO)o1)CC[C@H]1OB(O)C[C@H]2C1=C(C(C)C)C[C@H]1C(=O)N(c3ccc(Nc4ccccc4)cc3)C(=O)[C@H]12. The summed E-state index contributed by atoms with van der Waals surface area (Å²) < 4.78 is 11.8. The third-order valence-electron chi connectivity index (χ3n) is 9.16. The summed E-state index contributed by atoms with van der Waals surface area (Å²) in [5.74, 6) is -0.251. The number of amides is 2. The summed E-state index contributed by atoms with van der Waals surface area (Å²) in [4.78, 5) is 29.3. The van der Waals surface area contributed by atoms with Crippen molar-refractivity contribution in [3.8, 4) is 0 Å². The van der Waals surface area contributed by atoms with Crippen LogP contribution in [0, 0.1) is 23.7 Å². The average molecular weight is 595 g/mol. The fraction of sp³-hybridized carbons (Fsp3) is 0.371. The number of hydrogen-bond acceptors (Lipinski definition) is 7. The van der Waals surface area contributed by atoms with E-state index in [1.165, 1.54) is 10.5 Å². The number of hydrogen-bond donors (Lipinski definition) is 3. The van der Waals surface area contributed by atoms with Gasteiger partial charge in [-0.2, -0.15) is 0 Å². The lowest BCUT2D eigenvalue weighted by molar-refractivity contribution is -0.122. The fourth-order valence-electron chi connectivity index (χ4n) is 7.12. The van der Waals surface area contributed by atoms with Crippen LogP contribution < -0.4 is 10.2 Å². The molecule has 3 N–H and O–H groups in total. The molecule has 0 unspecified atom stereocenters. The highest BCUT2D eigenvalue weighted by atomic mass is 16.5. The van der Waals surface area contributed by atoms with E-state index in [4.69, 9.17) is 9.07 Å². The number of allylic oxidation sites excluding steroid dienone is 2. The molecule has 0 bridgehead atoms. The number of aliphatic hydroxyl groups is 1. The van der Waals surface area contributed by atoms with Gasteiger partial charge in [-0.3, -0.25) is 14.5 Å². The Bertz CT molecular complexity index is 1580. The number of carbonyl (C=O) groups excluding carboxylic acids is 2. The zero-order chi connectivity index (χ0) is 31.0. The minimum absolute atomic E-state index is 0.147. The van der Waals surface area contributed by atoms with Crippen molar-refractivity contribution < 1.29 is 28.8 Å². The van der Waals surface area contributed by atoms with Gasteiger partial charge in [0.2, 0.25) is 11.8 Å². The number of benzene rings is 2. The third-order valence-corrected chi connectivity index (χ3v) is 9.16. The molecule has 9 heteroatoms. The first-order valence-electron chi connectivity index (χ1n) is 15.5. The standard InChI is InChI=1S/C35H39BN2O6/c1-21(2)28-18-29-33(35(41)38(34(29)40)25-12-10-24(11-13-25)37-23-7-5-4-6-8-23)30-19-36(42)44-31(32(28)30)16-9-22(3)17-26-14-15-27(20-39)43-26/h4-8,10-15,17,21,29-31,33,37,39,42H,9,16,18-20H2,1-3H3/b22-17+/t29-,30+,31-,33-/m1/s1. The van der Waals surface area contributed by atoms with E-state index >= 15 is 0 Å². The molecule has 2 saturated heterocycles. The maximum absolute atomic E-state index is 14.1. The molecule has 44 heavy (non-hydrogen) atoms. The van der Waals surface area contributed by atoms with Crippen molar-refractivity contribution in [3.05, 3.63) is 95.0 Å². The van der Waals surface area contributed by atoms with Gasteiger partial charge in [-0.1, -0.05) is 43.2 Å². The molecule has 4 atom stereocenters. The Morgan fingerprint density at radius 2 is 1.75 bits per heavy atom. The Labute approximate surface area is 258 Å². The summed E-state index contributed by atoms with van der Waals surface area (Å²) in [7, 11) is -1.01. The summed E-state index contributed by atoms with van der Waals surface area (Å²) in [6.07, 6.45) is 3.74. The first-order chi connectivity index (χ1) is 21.2. The number of rotatable bonds is 9. The smallest absolute Gasteiger partial charge is 0.455 e. The molecule has 0 radical (unpaired) electrons. The van der Waals surface area contributed by atoms with Gasteiger partial charge in [0.15, 0.2) is 0 Å². The predicted octanol–water partition coefficient (Wildman–Crippen LogP) is 6.36. The highest BCUT2D eigenvalue weighted by Crippen LogP contribution is 2.52. The van der Waals surface area contributed by atoms with Gasteiger partial charge in [-0.25, -0.2) is 0 Å². The Hall–Kier alpha value is -3.92. The van der Waals surface area contributed by atoms with E-state index in [-0.39, 0.29) is 36.4 Å². The van der Waals surface area contributed by atoms with Crippen LogP contribution in [-0.2, 0) is 20.9 Å². The molecule has 2 fully saturated rings. The van der Waals surface area contributed by atoms with Crippen LogP contribution in [0.25, 0.3) is 6.08 Å². The number of carbonyl (C=O) groups is 2. The van der Waals surface area contributed by atoms with Crippen LogP contribution in [0.5, 0.6) is 0 Å². The lowest BCUT2D eigenvalue weighted by Crippen LogP contribution is -2.46. The lowest BCUT2D eigenvalue weighted by Gasteiger charge is -2.44. The van der Waals surface area contributed by atoms with Crippen molar-refractivity contribution in [2.75, 3.05) is 10.2 Å². The number of aliphatic hydroxyl groups excluding tert-OH is 1. The van der Waals surface area contributed by atoms with Gasteiger partial charge in [-0.15, -0.1) is 0 Å². The second-order valence-electron chi connectivity index (χ2n) is 12.4. The lowest BCUT2D eigenvalue weighted by atomic mass is 9.57. The molecule has 228 valence electrons. The van der Waals surface area contributed by atoms with E-state index in [1.54, 1.807) is 6.07 Å². The van der Waals surface area contributed by atoms with E-state index in [0.29, 0.717) is 42.8 Å². The van der Waals surface area contributed by atoms with Gasteiger partial charge in [0.25, 0.3) is 0 Å². The van der Waals surface area contributed by atoms with Gasteiger partial charge in [0, 0.05) is 11.4 Å². The highest BCUT2D eigenvalue weighted by Gasteiger charge is 2.57. The van der Waals surface area contributed by atoms with Crippen LogP contribution in [0.3, 0.4) is 0 Å². The van der Waals surface area contributed by atoms with E-state index in [1.807, 2.05) is 73.7 Å². The van der Waals surface area contributed by atoms with E-state index in [9.17, 15) is 19.7 Å². The molecular weight excluding hydrogens is 555 g/mol. The quantitative estimate of drug-likeness (QED) is 0.150. The second-order valence-corrected chi connectivity index (χ2v) is 12.4. The molecule has 0 saturated carbocycles. The number of nitrogens with one attached hydrogen (secondary N) is 1. The largest absolute Gasteiger partial charge is 0.459 e. The van der Waals surface area contributed by atoms with Gasteiger partial charge in [0.05, 0.1) is 23.6 Å². The van der Waals surface area contributed by atoms with Gasteiger partial charge in [-0.05, 0) is 105 Å². The fourth-order valence-corrected chi connectivity index (χ4v) is 7.12. The maximum atomic E-state index is 14.1. The van der Waals surface area contributed by atoms with Gasteiger partial charge < -0.3 is 24.5 Å². The zero-order valence-electron chi connectivity index (χ0n) is 25.4. The van der Waals surface area contributed by atoms with Crippen LogP contribution in [0.2, 0.25) is 6.32 Å². The maximum Gasteiger partial charge on any atom is 0.455 e. The van der Waals surface area contributed by atoms with Crippen LogP contribution in [0.4, 0.5) is 17.1 Å². The highest BCUT2D eigenvalue weighted by molar-refractivity contribution is 6.43. The third kappa shape index (κ3) is 5.92. The Kier molecular flexibility index (Phi) is 8.62. The second kappa shape index (κ2) is 12.6. The van der Waals surface area contributed by atoms with Crippen LogP contribution >= 0.6 is 0 Å². The number of imide groups is 1. The van der Waals surface area contributed by atoms with E-state index in [0.717, 1.165) is 22.5 Å². The topological polar surface area (TPSA) is 112 Å². The first-order valence-corrected chi connectivity index (χ1v) is 15.5. The van der Waals surface area contributed by atoms with Crippen molar-refractivity contribution in [2.45, 2.75) is 59.1 Å². The summed E-state index contributed by atoms with van der Waals surface area (Å²) in [5.41, 5.74) is 5.71. The van der Waals surface area contributed by atoms with Crippen LogP contribution in [-0.4, -0.2) is 35.2 Å². The van der Waals surface area contributed by atoms with Crippen molar-refractivity contribution >= 4 is 42.1 Å². The molecule has 6 rings (SSSR count). The minimum atomic E-state index is -1.01. The van der Waals surface area contributed by atoms with E-state index in [2.05, 4.69) is 19.2 Å². The predicted molar refractivity (Wildman–Crippen MR) is 171 cm³/mol. The summed E-state index contributed by atoms with van der Waals surface area (Å²) in [5, 5.41) is 23.5. The van der Waals surface area contributed by atoms with Crippen molar-refractivity contribution in [1.29, 1.82) is 0 Å². The van der Waals surface area contributed by atoms with Crippen molar-refractivity contribution in [3.63, 3.8) is 0 Å². The van der Waals surface area contributed by atoms with Gasteiger partial charge >= 0.3 is 7.12 Å². The first kappa shape index (κ1) is 30.1. The number of para-hydroxylation sites is 1. The molecule has 3 aromatic rings. The summed E-state index contributed by atoms with van der Waals surface area (Å²) >= 11 is 0. The molecule has 1 aliphatic carbocycles. The minimum Gasteiger partial charge on any atom is -0.459 e. The molecule has 8 nitrogen and oxygen atoms in total. The molecular formula is C35H39BN2O6.